The normalized spacial score (nSPS) is 11.3. The van der Waals surface area contributed by atoms with Gasteiger partial charge in [-0.15, -0.1) is 0 Å². The lowest BCUT2D eigenvalue weighted by molar-refractivity contribution is -0.142. The molecule has 0 saturated carbocycles. The third-order valence-corrected chi connectivity index (χ3v) is 4.92. The van der Waals surface area contributed by atoms with Crippen LogP contribution in [0.25, 0.3) is 0 Å². The van der Waals surface area contributed by atoms with E-state index < -0.39 is 6.04 Å². The van der Waals surface area contributed by atoms with Crippen LogP contribution in [0, 0.1) is 0 Å². The summed E-state index contributed by atoms with van der Waals surface area (Å²) in [5, 5.41) is 2.85. The summed E-state index contributed by atoms with van der Waals surface area (Å²) < 4.78 is 21.4. The van der Waals surface area contributed by atoms with Gasteiger partial charge in [0.1, 0.15) is 29.0 Å². The second-order valence-electron chi connectivity index (χ2n) is 7.17. The molecule has 0 aromatic heterocycles. The molecule has 8 nitrogen and oxygen atoms in total. The van der Waals surface area contributed by atoms with Gasteiger partial charge in [0.05, 0.1) is 21.3 Å². The van der Waals surface area contributed by atoms with Gasteiger partial charge in [0.2, 0.25) is 5.91 Å². The van der Waals surface area contributed by atoms with Gasteiger partial charge in [0, 0.05) is 31.3 Å². The Bertz CT molecular complexity index is 862. The summed E-state index contributed by atoms with van der Waals surface area (Å²) in [5.74, 6) is 1.72. The van der Waals surface area contributed by atoms with Crippen LogP contribution in [0.2, 0.25) is 0 Å². The number of ether oxygens (including phenoxy) is 4. The lowest BCUT2D eigenvalue weighted by Gasteiger charge is -2.28. The van der Waals surface area contributed by atoms with Crippen molar-refractivity contribution < 1.29 is 28.5 Å². The molecule has 8 heteroatoms. The quantitative estimate of drug-likeness (QED) is 0.542. The number of nitrogens with zero attached hydrogens (tertiary/aromatic N) is 1. The summed E-state index contributed by atoms with van der Waals surface area (Å²) in [6.45, 7) is 4.25. The first kappa shape index (κ1) is 24.8. The molecule has 2 amide bonds. The third-order valence-electron chi connectivity index (χ3n) is 4.92. The number of methoxy groups -OCH3 is 3. The molecular formula is C24H32N2O6. The molecule has 2 aromatic rings. The van der Waals surface area contributed by atoms with Crippen molar-refractivity contribution in [2.24, 2.45) is 0 Å². The smallest absolute Gasteiger partial charge is 0.261 e. The SMILES string of the molecule is CCCNC(=O)[C@@H](C)N(Cc1ccc(OC)cc1)C(=O)COc1cc(OC)cc(OC)c1. The van der Waals surface area contributed by atoms with Crippen molar-refractivity contribution in [3.8, 4) is 23.0 Å². The number of amides is 2. The van der Waals surface area contributed by atoms with Crippen LogP contribution in [0.3, 0.4) is 0 Å². The van der Waals surface area contributed by atoms with Crippen LogP contribution in [0.4, 0.5) is 0 Å². The van der Waals surface area contributed by atoms with E-state index in [1.165, 1.54) is 19.1 Å². The second kappa shape index (κ2) is 12.4. The average Bonchev–Trinajstić information content (AvgIpc) is 2.83. The maximum Gasteiger partial charge on any atom is 0.261 e. The largest absolute Gasteiger partial charge is 0.497 e. The molecular weight excluding hydrogens is 412 g/mol. The van der Waals surface area contributed by atoms with Gasteiger partial charge < -0.3 is 29.2 Å². The van der Waals surface area contributed by atoms with Crippen LogP contribution >= 0.6 is 0 Å². The number of benzene rings is 2. The zero-order chi connectivity index (χ0) is 23.5. The maximum absolute atomic E-state index is 13.1. The van der Waals surface area contributed by atoms with E-state index in [9.17, 15) is 9.59 Å². The van der Waals surface area contributed by atoms with Crippen molar-refractivity contribution in [1.82, 2.24) is 10.2 Å². The molecule has 1 N–H and O–H groups in total. The van der Waals surface area contributed by atoms with Crippen LogP contribution in [0.5, 0.6) is 23.0 Å². The molecule has 0 fully saturated rings. The summed E-state index contributed by atoms with van der Waals surface area (Å²) in [4.78, 5) is 27.2. The lowest BCUT2D eigenvalue weighted by atomic mass is 10.1. The molecule has 2 rings (SSSR count). The van der Waals surface area contributed by atoms with E-state index in [1.807, 2.05) is 31.2 Å². The fraction of sp³-hybridized carbons (Fsp3) is 0.417. The molecule has 0 unspecified atom stereocenters. The van der Waals surface area contributed by atoms with Crippen LogP contribution < -0.4 is 24.3 Å². The molecule has 0 aliphatic carbocycles. The van der Waals surface area contributed by atoms with Gasteiger partial charge in [0.25, 0.3) is 5.91 Å². The molecule has 0 bridgehead atoms. The van der Waals surface area contributed by atoms with Crippen molar-refractivity contribution >= 4 is 11.8 Å². The van der Waals surface area contributed by atoms with Gasteiger partial charge >= 0.3 is 0 Å². The molecule has 0 heterocycles. The highest BCUT2D eigenvalue weighted by Gasteiger charge is 2.26. The van der Waals surface area contributed by atoms with E-state index in [1.54, 1.807) is 32.2 Å². The van der Waals surface area contributed by atoms with Crippen molar-refractivity contribution in [1.29, 1.82) is 0 Å². The first-order valence-electron chi connectivity index (χ1n) is 10.5. The number of hydrogen-bond donors (Lipinski definition) is 1. The van der Waals surface area contributed by atoms with E-state index in [4.69, 9.17) is 18.9 Å². The van der Waals surface area contributed by atoms with E-state index in [2.05, 4.69) is 5.32 Å². The fourth-order valence-corrected chi connectivity index (χ4v) is 3.00. The van der Waals surface area contributed by atoms with E-state index >= 15 is 0 Å². The highest BCUT2D eigenvalue weighted by molar-refractivity contribution is 5.87. The van der Waals surface area contributed by atoms with Gasteiger partial charge in [0.15, 0.2) is 6.61 Å². The summed E-state index contributed by atoms with van der Waals surface area (Å²) in [6.07, 6.45) is 0.811. The number of nitrogens with one attached hydrogen (secondary N) is 1. The summed E-state index contributed by atoms with van der Waals surface area (Å²) in [5.41, 5.74) is 0.873. The first-order valence-corrected chi connectivity index (χ1v) is 10.5. The predicted molar refractivity (Wildman–Crippen MR) is 121 cm³/mol. The Morgan fingerprint density at radius 2 is 1.47 bits per heavy atom. The first-order chi connectivity index (χ1) is 15.4. The van der Waals surface area contributed by atoms with E-state index in [0.29, 0.717) is 23.8 Å². The Labute approximate surface area is 189 Å². The van der Waals surface area contributed by atoms with Crippen LogP contribution in [-0.4, -0.2) is 57.2 Å². The number of rotatable bonds is 12. The minimum Gasteiger partial charge on any atom is -0.497 e. The maximum atomic E-state index is 13.1. The Kier molecular flexibility index (Phi) is 9.66. The van der Waals surface area contributed by atoms with Gasteiger partial charge in [-0.1, -0.05) is 19.1 Å². The standard InChI is InChI=1S/C24H32N2O6/c1-6-11-25-24(28)17(2)26(15-18-7-9-19(29-3)10-8-18)23(27)16-32-22-13-20(30-4)12-21(14-22)31-5/h7-10,12-14,17H,6,11,15-16H2,1-5H3,(H,25,28)/t17-/m1/s1. The van der Waals surface area contributed by atoms with Crippen LogP contribution in [0.15, 0.2) is 42.5 Å². The van der Waals surface area contributed by atoms with Gasteiger partial charge in [-0.25, -0.2) is 0 Å². The van der Waals surface area contributed by atoms with Crippen LogP contribution in [-0.2, 0) is 16.1 Å². The van der Waals surface area contributed by atoms with Crippen molar-refractivity contribution in [3.63, 3.8) is 0 Å². The number of carbonyl (C=O) groups excluding carboxylic acids is 2. The molecule has 1 atom stereocenters. The molecule has 0 aliphatic heterocycles. The van der Waals surface area contributed by atoms with Crippen molar-refractivity contribution in [2.75, 3.05) is 34.5 Å². The molecule has 0 spiro atoms. The number of hydrogen-bond acceptors (Lipinski definition) is 6. The molecule has 2 aromatic carbocycles. The van der Waals surface area contributed by atoms with Gasteiger partial charge in [-0.05, 0) is 31.0 Å². The van der Waals surface area contributed by atoms with Gasteiger partial charge in [-0.2, -0.15) is 0 Å². The fourth-order valence-electron chi connectivity index (χ4n) is 3.00. The zero-order valence-electron chi connectivity index (χ0n) is 19.3. The van der Waals surface area contributed by atoms with Crippen molar-refractivity contribution in [2.45, 2.75) is 32.9 Å². The number of carbonyl (C=O) groups is 2. The summed E-state index contributed by atoms with van der Waals surface area (Å²) in [6, 6.07) is 11.7. The zero-order valence-corrected chi connectivity index (χ0v) is 19.3. The molecule has 32 heavy (non-hydrogen) atoms. The molecule has 174 valence electrons. The van der Waals surface area contributed by atoms with Gasteiger partial charge in [-0.3, -0.25) is 9.59 Å². The van der Waals surface area contributed by atoms with Crippen molar-refractivity contribution in [3.05, 3.63) is 48.0 Å². The molecule has 0 radical (unpaired) electrons. The summed E-state index contributed by atoms with van der Waals surface area (Å²) >= 11 is 0. The lowest BCUT2D eigenvalue weighted by Crippen LogP contribution is -2.49. The minimum absolute atomic E-state index is 0.211. The Hall–Kier alpha value is -3.42. The molecule has 0 aliphatic rings. The highest BCUT2D eigenvalue weighted by Crippen LogP contribution is 2.27. The minimum atomic E-state index is -0.667. The topological polar surface area (TPSA) is 86.3 Å². The monoisotopic (exact) mass is 444 g/mol. The molecule has 0 saturated heterocycles. The summed E-state index contributed by atoms with van der Waals surface area (Å²) in [7, 11) is 4.67. The van der Waals surface area contributed by atoms with E-state index in [-0.39, 0.29) is 25.0 Å². The van der Waals surface area contributed by atoms with E-state index in [0.717, 1.165) is 17.7 Å². The Morgan fingerprint density at radius 1 is 0.906 bits per heavy atom. The Balaban J connectivity index is 2.17. The van der Waals surface area contributed by atoms with Crippen LogP contribution in [0.1, 0.15) is 25.8 Å². The highest BCUT2D eigenvalue weighted by atomic mass is 16.5. The predicted octanol–water partition coefficient (Wildman–Crippen LogP) is 3.03. The Morgan fingerprint density at radius 3 is 2.00 bits per heavy atom. The second-order valence-corrected chi connectivity index (χ2v) is 7.17. The average molecular weight is 445 g/mol. The third kappa shape index (κ3) is 7.08.